The van der Waals surface area contributed by atoms with Crippen LogP contribution in [0.4, 0.5) is 11.5 Å². The molecule has 2 rings (SSSR count). The van der Waals surface area contributed by atoms with Crippen LogP contribution in [0.5, 0.6) is 0 Å². The van der Waals surface area contributed by atoms with Gasteiger partial charge < -0.3 is 11.1 Å². The van der Waals surface area contributed by atoms with E-state index in [1.165, 1.54) is 11.1 Å². The van der Waals surface area contributed by atoms with Gasteiger partial charge in [0.15, 0.2) is 0 Å². The third-order valence-corrected chi connectivity index (χ3v) is 3.15. The zero-order valence-electron chi connectivity index (χ0n) is 11.1. The summed E-state index contributed by atoms with van der Waals surface area (Å²) in [5, 5.41) is 3.40. The second kappa shape index (κ2) is 5.08. The summed E-state index contributed by atoms with van der Waals surface area (Å²) in [6.07, 6.45) is 0. The van der Waals surface area contributed by atoms with E-state index in [1.807, 2.05) is 19.1 Å². The van der Waals surface area contributed by atoms with Crippen molar-refractivity contribution in [2.45, 2.75) is 26.8 Å². The molecule has 2 aromatic rings. The van der Waals surface area contributed by atoms with Crippen LogP contribution in [0.1, 0.15) is 29.8 Å². The van der Waals surface area contributed by atoms with Crippen LogP contribution >= 0.6 is 0 Å². The molecule has 3 nitrogen and oxygen atoms in total. The van der Waals surface area contributed by atoms with Crippen LogP contribution in [0, 0.1) is 13.8 Å². The number of nitrogens with two attached hydrogens (primary N) is 1. The highest BCUT2D eigenvalue weighted by Gasteiger charge is 2.08. The SMILES string of the molecule is Cc1ccccc1C(C)Nc1ccc(N)c(C)n1. The van der Waals surface area contributed by atoms with Crippen LogP contribution in [0.2, 0.25) is 0 Å². The number of nitrogens with one attached hydrogen (secondary N) is 1. The van der Waals surface area contributed by atoms with Crippen LogP contribution in [0.15, 0.2) is 36.4 Å². The fourth-order valence-corrected chi connectivity index (χ4v) is 2.02. The molecule has 18 heavy (non-hydrogen) atoms. The highest BCUT2D eigenvalue weighted by Crippen LogP contribution is 2.21. The molecule has 1 aromatic carbocycles. The van der Waals surface area contributed by atoms with Gasteiger partial charge in [-0.1, -0.05) is 24.3 Å². The maximum Gasteiger partial charge on any atom is 0.126 e. The Morgan fingerprint density at radius 1 is 1.11 bits per heavy atom. The van der Waals surface area contributed by atoms with Crippen LogP contribution in [0.25, 0.3) is 0 Å². The van der Waals surface area contributed by atoms with E-state index in [1.54, 1.807) is 0 Å². The summed E-state index contributed by atoms with van der Waals surface area (Å²) in [5.41, 5.74) is 9.92. The lowest BCUT2D eigenvalue weighted by atomic mass is 10.0. The van der Waals surface area contributed by atoms with E-state index < -0.39 is 0 Å². The molecule has 0 radical (unpaired) electrons. The molecule has 0 aliphatic carbocycles. The number of benzene rings is 1. The van der Waals surface area contributed by atoms with E-state index in [0.717, 1.165) is 17.2 Å². The zero-order chi connectivity index (χ0) is 13.1. The molecule has 1 atom stereocenters. The minimum absolute atomic E-state index is 0.224. The lowest BCUT2D eigenvalue weighted by molar-refractivity contribution is 0.863. The second-order valence-electron chi connectivity index (χ2n) is 4.59. The minimum Gasteiger partial charge on any atom is -0.397 e. The van der Waals surface area contributed by atoms with Gasteiger partial charge >= 0.3 is 0 Å². The molecular formula is C15H19N3. The van der Waals surface area contributed by atoms with Crippen molar-refractivity contribution in [3.8, 4) is 0 Å². The normalized spacial score (nSPS) is 12.2. The number of hydrogen-bond acceptors (Lipinski definition) is 3. The van der Waals surface area contributed by atoms with Gasteiger partial charge in [0.25, 0.3) is 0 Å². The van der Waals surface area contributed by atoms with Crippen molar-refractivity contribution in [3.05, 3.63) is 53.2 Å². The average molecular weight is 241 g/mol. The average Bonchev–Trinajstić information content (AvgIpc) is 2.34. The third-order valence-electron chi connectivity index (χ3n) is 3.15. The lowest BCUT2D eigenvalue weighted by Gasteiger charge is -2.17. The summed E-state index contributed by atoms with van der Waals surface area (Å²) in [4.78, 5) is 4.43. The Balaban J connectivity index is 2.19. The van der Waals surface area contributed by atoms with Crippen molar-refractivity contribution in [2.75, 3.05) is 11.1 Å². The molecule has 1 unspecified atom stereocenters. The van der Waals surface area contributed by atoms with Gasteiger partial charge in [-0.05, 0) is 44.0 Å². The number of nitrogens with zero attached hydrogens (tertiary/aromatic N) is 1. The van der Waals surface area contributed by atoms with Gasteiger partial charge in [-0.25, -0.2) is 4.98 Å². The summed E-state index contributed by atoms with van der Waals surface area (Å²) in [6.45, 7) is 6.17. The molecule has 0 saturated heterocycles. The van der Waals surface area contributed by atoms with Crippen molar-refractivity contribution in [2.24, 2.45) is 0 Å². The molecule has 3 N–H and O–H groups in total. The van der Waals surface area contributed by atoms with Gasteiger partial charge in [-0.2, -0.15) is 0 Å². The summed E-state index contributed by atoms with van der Waals surface area (Å²) < 4.78 is 0. The van der Waals surface area contributed by atoms with E-state index in [2.05, 4.69) is 48.4 Å². The molecule has 0 amide bonds. The molecule has 0 fully saturated rings. The fourth-order valence-electron chi connectivity index (χ4n) is 2.02. The van der Waals surface area contributed by atoms with Gasteiger partial charge in [-0.3, -0.25) is 0 Å². The standard InChI is InChI=1S/C15H19N3/c1-10-6-4-5-7-13(10)11(2)17-15-9-8-14(16)12(3)18-15/h4-9,11H,16H2,1-3H3,(H,17,18). The first kappa shape index (κ1) is 12.4. The number of nitrogen functional groups attached to an aromatic ring is 1. The Morgan fingerprint density at radius 2 is 1.83 bits per heavy atom. The van der Waals surface area contributed by atoms with Crippen LogP contribution in [-0.2, 0) is 0 Å². The number of aryl methyl sites for hydroxylation is 2. The summed E-state index contributed by atoms with van der Waals surface area (Å²) in [5.74, 6) is 0.859. The van der Waals surface area contributed by atoms with Crippen molar-refractivity contribution >= 4 is 11.5 Å². The van der Waals surface area contributed by atoms with Crippen molar-refractivity contribution in [3.63, 3.8) is 0 Å². The Kier molecular flexibility index (Phi) is 3.51. The van der Waals surface area contributed by atoms with Crippen LogP contribution in [0.3, 0.4) is 0 Å². The van der Waals surface area contributed by atoms with Gasteiger partial charge in [0.2, 0.25) is 0 Å². The molecular weight excluding hydrogens is 222 g/mol. The maximum atomic E-state index is 5.76. The van der Waals surface area contributed by atoms with Crippen molar-refractivity contribution in [1.29, 1.82) is 0 Å². The predicted molar refractivity (Wildman–Crippen MR) is 76.6 cm³/mol. The minimum atomic E-state index is 0.224. The van der Waals surface area contributed by atoms with Gasteiger partial charge in [-0.15, -0.1) is 0 Å². The molecule has 1 heterocycles. The van der Waals surface area contributed by atoms with E-state index >= 15 is 0 Å². The highest BCUT2D eigenvalue weighted by molar-refractivity contribution is 5.50. The number of rotatable bonds is 3. The number of hydrogen-bond donors (Lipinski definition) is 2. The van der Waals surface area contributed by atoms with Gasteiger partial charge in [0, 0.05) is 0 Å². The Hall–Kier alpha value is -2.03. The molecule has 1 aromatic heterocycles. The van der Waals surface area contributed by atoms with Crippen molar-refractivity contribution < 1.29 is 0 Å². The van der Waals surface area contributed by atoms with E-state index in [4.69, 9.17) is 5.73 Å². The van der Waals surface area contributed by atoms with Crippen LogP contribution < -0.4 is 11.1 Å². The van der Waals surface area contributed by atoms with Gasteiger partial charge in [0.1, 0.15) is 5.82 Å². The molecule has 0 spiro atoms. The van der Waals surface area contributed by atoms with Gasteiger partial charge in [0.05, 0.1) is 17.4 Å². The molecule has 0 saturated carbocycles. The molecule has 3 heteroatoms. The quantitative estimate of drug-likeness (QED) is 0.865. The lowest BCUT2D eigenvalue weighted by Crippen LogP contribution is -2.10. The summed E-state index contributed by atoms with van der Waals surface area (Å²) in [7, 11) is 0. The number of pyridine rings is 1. The predicted octanol–water partition coefficient (Wildman–Crippen LogP) is 3.45. The smallest absolute Gasteiger partial charge is 0.126 e. The topological polar surface area (TPSA) is 50.9 Å². The fraction of sp³-hybridized carbons (Fsp3) is 0.267. The van der Waals surface area contributed by atoms with E-state index in [0.29, 0.717) is 0 Å². The van der Waals surface area contributed by atoms with Crippen molar-refractivity contribution in [1.82, 2.24) is 4.98 Å². The molecule has 94 valence electrons. The largest absolute Gasteiger partial charge is 0.397 e. The van der Waals surface area contributed by atoms with E-state index in [-0.39, 0.29) is 6.04 Å². The van der Waals surface area contributed by atoms with Crippen LogP contribution in [-0.4, -0.2) is 4.98 Å². The Labute approximate surface area is 108 Å². The number of anilines is 2. The number of aromatic nitrogens is 1. The maximum absolute atomic E-state index is 5.76. The third kappa shape index (κ3) is 2.62. The molecule has 0 bridgehead atoms. The first-order chi connectivity index (χ1) is 8.58. The molecule has 0 aliphatic rings. The monoisotopic (exact) mass is 241 g/mol. The molecule has 0 aliphatic heterocycles. The highest BCUT2D eigenvalue weighted by atomic mass is 15.0. The second-order valence-corrected chi connectivity index (χ2v) is 4.59. The van der Waals surface area contributed by atoms with E-state index in [9.17, 15) is 0 Å². The summed E-state index contributed by atoms with van der Waals surface area (Å²) in [6, 6.07) is 12.4. The zero-order valence-corrected chi connectivity index (χ0v) is 11.1. The first-order valence-electron chi connectivity index (χ1n) is 6.13. The summed E-state index contributed by atoms with van der Waals surface area (Å²) >= 11 is 0. The Morgan fingerprint density at radius 3 is 2.50 bits per heavy atom. The first-order valence-corrected chi connectivity index (χ1v) is 6.13. The Bertz CT molecular complexity index is 549.